The minimum Gasteiger partial charge on any atom is -0.449 e. The maximum atomic E-state index is 13.3. The summed E-state index contributed by atoms with van der Waals surface area (Å²) >= 11 is 0. The van der Waals surface area contributed by atoms with E-state index in [1.54, 1.807) is 31.2 Å². The zero-order chi connectivity index (χ0) is 18.6. The summed E-state index contributed by atoms with van der Waals surface area (Å²) in [5, 5.41) is 13.1. The number of halogens is 1. The van der Waals surface area contributed by atoms with Crippen LogP contribution in [0.5, 0.6) is 0 Å². The SMILES string of the molecule is Cc1ccccc1C(=O)O[C@@H](C)C(=O)Nc1ccc(F)c([N+](=O)[O-])c1. The minimum atomic E-state index is -1.14. The molecule has 1 N–H and O–H groups in total. The van der Waals surface area contributed by atoms with Crippen molar-refractivity contribution < 1.29 is 23.6 Å². The number of ether oxygens (including phenoxy) is 1. The summed E-state index contributed by atoms with van der Waals surface area (Å²) in [6.45, 7) is 3.10. The van der Waals surface area contributed by atoms with Crippen LogP contribution in [0.4, 0.5) is 15.8 Å². The number of anilines is 1. The van der Waals surface area contributed by atoms with Gasteiger partial charge in [0.25, 0.3) is 5.91 Å². The third kappa shape index (κ3) is 4.37. The Kier molecular flexibility index (Phi) is 5.43. The molecule has 0 saturated heterocycles. The summed E-state index contributed by atoms with van der Waals surface area (Å²) in [7, 11) is 0. The number of rotatable bonds is 5. The molecule has 0 fully saturated rings. The molecular formula is C17H15FN2O5. The smallest absolute Gasteiger partial charge is 0.339 e. The molecule has 8 heteroatoms. The summed E-state index contributed by atoms with van der Waals surface area (Å²) in [5.74, 6) is -2.37. The lowest BCUT2D eigenvalue weighted by Crippen LogP contribution is -2.30. The number of nitrogens with one attached hydrogen (secondary N) is 1. The Labute approximate surface area is 142 Å². The number of amides is 1. The molecule has 130 valence electrons. The predicted molar refractivity (Wildman–Crippen MR) is 87.7 cm³/mol. The number of hydrogen-bond donors (Lipinski definition) is 1. The van der Waals surface area contributed by atoms with Gasteiger partial charge < -0.3 is 10.1 Å². The molecule has 0 aliphatic rings. The molecule has 7 nitrogen and oxygen atoms in total. The third-order valence-electron chi connectivity index (χ3n) is 3.43. The zero-order valence-electron chi connectivity index (χ0n) is 13.5. The second-order valence-corrected chi connectivity index (χ2v) is 5.28. The first-order chi connectivity index (χ1) is 11.8. The number of nitro groups is 1. The Morgan fingerprint density at radius 3 is 2.56 bits per heavy atom. The highest BCUT2D eigenvalue weighted by Crippen LogP contribution is 2.22. The Balaban J connectivity index is 2.06. The molecule has 2 aromatic rings. The first-order valence-corrected chi connectivity index (χ1v) is 7.31. The standard InChI is InChI=1S/C17H15FN2O5/c1-10-5-3-4-6-13(10)17(22)25-11(2)16(21)19-12-7-8-14(18)15(9-12)20(23)24/h3-9,11H,1-2H3,(H,19,21)/t11-/m0/s1. The number of carbonyl (C=O) groups excluding carboxylic acids is 2. The van der Waals surface area contributed by atoms with E-state index in [1.165, 1.54) is 13.0 Å². The van der Waals surface area contributed by atoms with Crippen LogP contribution < -0.4 is 5.32 Å². The van der Waals surface area contributed by atoms with Crippen molar-refractivity contribution in [2.75, 3.05) is 5.32 Å². The summed E-state index contributed by atoms with van der Waals surface area (Å²) in [4.78, 5) is 34.0. The van der Waals surface area contributed by atoms with Crippen LogP contribution in [-0.2, 0) is 9.53 Å². The van der Waals surface area contributed by atoms with Gasteiger partial charge in [0.2, 0.25) is 5.82 Å². The Morgan fingerprint density at radius 1 is 1.24 bits per heavy atom. The summed E-state index contributed by atoms with van der Waals surface area (Å²) < 4.78 is 18.4. The molecule has 0 aliphatic carbocycles. The molecule has 0 unspecified atom stereocenters. The van der Waals surface area contributed by atoms with Crippen LogP contribution in [0, 0.1) is 22.9 Å². The molecule has 0 heterocycles. The maximum Gasteiger partial charge on any atom is 0.339 e. The highest BCUT2D eigenvalue weighted by atomic mass is 19.1. The molecule has 2 rings (SSSR count). The quantitative estimate of drug-likeness (QED) is 0.509. The van der Waals surface area contributed by atoms with Gasteiger partial charge in [-0.15, -0.1) is 0 Å². The number of esters is 1. The largest absolute Gasteiger partial charge is 0.449 e. The molecule has 0 saturated carbocycles. The van der Waals surface area contributed by atoms with Crippen molar-refractivity contribution in [3.8, 4) is 0 Å². The number of carbonyl (C=O) groups is 2. The molecule has 1 amide bonds. The van der Waals surface area contributed by atoms with E-state index in [2.05, 4.69) is 5.32 Å². The zero-order valence-corrected chi connectivity index (χ0v) is 13.5. The number of nitro benzene ring substituents is 1. The van der Waals surface area contributed by atoms with Crippen LogP contribution >= 0.6 is 0 Å². The number of benzene rings is 2. The highest BCUT2D eigenvalue weighted by molar-refractivity contribution is 5.97. The van der Waals surface area contributed by atoms with Gasteiger partial charge in [0.05, 0.1) is 10.5 Å². The van der Waals surface area contributed by atoms with E-state index < -0.39 is 34.4 Å². The van der Waals surface area contributed by atoms with Gasteiger partial charge in [0, 0.05) is 11.8 Å². The van der Waals surface area contributed by atoms with Crippen LogP contribution in [0.3, 0.4) is 0 Å². The molecule has 0 aliphatic heterocycles. The fraction of sp³-hybridized carbons (Fsp3) is 0.176. The maximum absolute atomic E-state index is 13.3. The molecule has 0 spiro atoms. The predicted octanol–water partition coefficient (Wildman–Crippen LogP) is 3.23. The van der Waals surface area contributed by atoms with E-state index in [-0.39, 0.29) is 5.69 Å². The van der Waals surface area contributed by atoms with Gasteiger partial charge in [-0.1, -0.05) is 18.2 Å². The molecule has 1 atom stereocenters. The van der Waals surface area contributed by atoms with Crippen molar-refractivity contribution >= 4 is 23.3 Å². The van der Waals surface area contributed by atoms with Gasteiger partial charge in [-0.05, 0) is 37.6 Å². The van der Waals surface area contributed by atoms with Gasteiger partial charge in [0.15, 0.2) is 6.10 Å². The number of nitrogens with zero attached hydrogens (tertiary/aromatic N) is 1. The second kappa shape index (κ2) is 7.52. The fourth-order valence-electron chi connectivity index (χ4n) is 2.05. The second-order valence-electron chi connectivity index (χ2n) is 5.28. The van der Waals surface area contributed by atoms with E-state index in [1.807, 2.05) is 0 Å². The van der Waals surface area contributed by atoms with Crippen molar-refractivity contribution in [1.82, 2.24) is 0 Å². The molecular weight excluding hydrogens is 331 g/mol. The summed E-state index contributed by atoms with van der Waals surface area (Å²) in [5.41, 5.74) is 0.299. The lowest BCUT2D eigenvalue weighted by Gasteiger charge is -2.14. The van der Waals surface area contributed by atoms with E-state index in [9.17, 15) is 24.1 Å². The lowest BCUT2D eigenvalue weighted by molar-refractivity contribution is -0.387. The summed E-state index contributed by atoms with van der Waals surface area (Å²) in [6, 6.07) is 9.69. The Morgan fingerprint density at radius 2 is 1.92 bits per heavy atom. The number of aryl methyl sites for hydroxylation is 1. The average molecular weight is 346 g/mol. The average Bonchev–Trinajstić information content (AvgIpc) is 2.56. The topological polar surface area (TPSA) is 98.5 Å². The van der Waals surface area contributed by atoms with Crippen LogP contribution in [-0.4, -0.2) is 22.9 Å². The van der Waals surface area contributed by atoms with E-state index in [0.29, 0.717) is 11.1 Å². The molecule has 0 radical (unpaired) electrons. The van der Waals surface area contributed by atoms with Crippen LogP contribution in [0.15, 0.2) is 42.5 Å². The van der Waals surface area contributed by atoms with E-state index >= 15 is 0 Å². The van der Waals surface area contributed by atoms with Gasteiger partial charge in [-0.2, -0.15) is 4.39 Å². The first-order valence-electron chi connectivity index (χ1n) is 7.31. The Hall–Kier alpha value is -3.29. The van der Waals surface area contributed by atoms with Crippen molar-refractivity contribution in [1.29, 1.82) is 0 Å². The van der Waals surface area contributed by atoms with Crippen molar-refractivity contribution in [3.05, 3.63) is 69.5 Å². The van der Waals surface area contributed by atoms with Crippen LogP contribution in [0.2, 0.25) is 0 Å². The Bertz CT molecular complexity index is 838. The van der Waals surface area contributed by atoms with E-state index in [4.69, 9.17) is 4.74 Å². The van der Waals surface area contributed by atoms with Crippen LogP contribution in [0.25, 0.3) is 0 Å². The highest BCUT2D eigenvalue weighted by Gasteiger charge is 2.21. The van der Waals surface area contributed by atoms with Crippen molar-refractivity contribution in [2.24, 2.45) is 0 Å². The van der Waals surface area contributed by atoms with Gasteiger partial charge in [0.1, 0.15) is 0 Å². The number of hydrogen-bond acceptors (Lipinski definition) is 5. The molecule has 2 aromatic carbocycles. The molecule has 25 heavy (non-hydrogen) atoms. The van der Waals surface area contributed by atoms with Crippen molar-refractivity contribution in [2.45, 2.75) is 20.0 Å². The van der Waals surface area contributed by atoms with Gasteiger partial charge in [-0.25, -0.2) is 4.79 Å². The minimum absolute atomic E-state index is 0.0249. The monoisotopic (exact) mass is 346 g/mol. The normalized spacial score (nSPS) is 11.5. The first kappa shape index (κ1) is 18.1. The van der Waals surface area contributed by atoms with Gasteiger partial charge >= 0.3 is 11.7 Å². The summed E-state index contributed by atoms with van der Waals surface area (Å²) in [6.07, 6.45) is -1.14. The lowest BCUT2D eigenvalue weighted by atomic mass is 10.1. The third-order valence-corrected chi connectivity index (χ3v) is 3.43. The fourth-order valence-corrected chi connectivity index (χ4v) is 2.05. The molecule has 0 aromatic heterocycles. The van der Waals surface area contributed by atoms with E-state index in [0.717, 1.165) is 12.1 Å². The van der Waals surface area contributed by atoms with Gasteiger partial charge in [-0.3, -0.25) is 14.9 Å². The van der Waals surface area contributed by atoms with Crippen LogP contribution in [0.1, 0.15) is 22.8 Å². The molecule has 0 bridgehead atoms. The van der Waals surface area contributed by atoms with Crippen molar-refractivity contribution in [3.63, 3.8) is 0 Å².